The zero-order valence-electron chi connectivity index (χ0n) is 14.7. The molecule has 0 aromatic rings. The molecule has 0 amide bonds. The third-order valence-corrected chi connectivity index (χ3v) is 8.24. The predicted molar refractivity (Wildman–Crippen MR) is 88.7 cm³/mol. The monoisotopic (exact) mass is 298 g/mol. The predicted octanol–water partition coefficient (Wildman–Crippen LogP) is 5.48. The van der Waals surface area contributed by atoms with Gasteiger partial charge in [0.15, 0.2) is 0 Å². The van der Waals surface area contributed by atoms with Crippen LogP contribution in [0, 0.1) is 10.8 Å². The largest absolute Gasteiger partial charge is 0.379 e. The fourth-order valence-electron chi connectivity index (χ4n) is 2.12. The van der Waals surface area contributed by atoms with Crippen molar-refractivity contribution >= 4 is 14.3 Å². The first-order chi connectivity index (χ1) is 8.61. The summed E-state index contributed by atoms with van der Waals surface area (Å²) < 4.78 is 17.6. The molecule has 1 rings (SSSR count). The Morgan fingerprint density at radius 3 is 1.85 bits per heavy atom. The summed E-state index contributed by atoms with van der Waals surface area (Å²) in [7, 11) is -3.23. The summed E-state index contributed by atoms with van der Waals surface area (Å²) in [5.41, 5.74) is 1.49. The van der Waals surface area contributed by atoms with Gasteiger partial charge >= 0.3 is 8.57 Å². The maximum Gasteiger partial charge on any atom is 0.379 e. The van der Waals surface area contributed by atoms with E-state index in [2.05, 4.69) is 53.2 Å². The minimum absolute atomic E-state index is 0.0947. The van der Waals surface area contributed by atoms with Crippen LogP contribution in [-0.2, 0) is 0 Å². The number of halogens is 1. The maximum absolute atomic E-state index is 15.9. The van der Waals surface area contributed by atoms with E-state index in [0.717, 1.165) is 11.4 Å². The maximum atomic E-state index is 15.9. The van der Waals surface area contributed by atoms with Crippen LogP contribution in [0.2, 0.25) is 11.1 Å². The Kier molecular flexibility index (Phi) is 4.08. The van der Waals surface area contributed by atoms with Gasteiger partial charge in [-0.15, -0.1) is 0 Å². The summed E-state index contributed by atoms with van der Waals surface area (Å²) in [4.78, 5) is 0. The van der Waals surface area contributed by atoms with Crippen LogP contribution in [0.15, 0.2) is 17.4 Å². The molecule has 0 aromatic heterocycles. The second-order valence-electron chi connectivity index (χ2n) is 8.99. The van der Waals surface area contributed by atoms with Crippen molar-refractivity contribution in [1.82, 2.24) is 4.67 Å². The molecule has 4 heteroatoms. The van der Waals surface area contributed by atoms with Gasteiger partial charge < -0.3 is 0 Å². The number of hydrogen-bond acceptors (Lipinski definition) is 2. The Morgan fingerprint density at radius 1 is 1.10 bits per heavy atom. The first-order valence-corrected chi connectivity index (χ1v) is 9.40. The summed E-state index contributed by atoms with van der Waals surface area (Å²) in [6.45, 7) is 22.6. The molecule has 1 aliphatic rings. The molecule has 0 spiro atoms. The molecule has 2 nitrogen and oxygen atoms in total. The van der Waals surface area contributed by atoms with E-state index in [1.54, 1.807) is 4.67 Å². The lowest BCUT2D eigenvalue weighted by atomic mass is 9.91. The number of allylic oxidation sites excluding steroid dienone is 1. The second kappa shape index (κ2) is 4.69. The summed E-state index contributed by atoms with van der Waals surface area (Å²) in [6.07, 6.45) is 0. The van der Waals surface area contributed by atoms with Crippen molar-refractivity contribution in [3.05, 3.63) is 12.3 Å². The number of hydrogen-bond donors (Lipinski definition) is 0. The Morgan fingerprint density at radius 2 is 1.55 bits per heavy atom. The van der Waals surface area contributed by atoms with E-state index in [1.807, 2.05) is 20.8 Å². The van der Waals surface area contributed by atoms with Gasteiger partial charge in [0.25, 0.3) is 0 Å². The third kappa shape index (κ3) is 3.00. The van der Waals surface area contributed by atoms with Crippen LogP contribution >= 0.6 is 0 Å². The van der Waals surface area contributed by atoms with E-state index in [0.29, 0.717) is 6.04 Å². The Bertz CT molecular complexity index is 435. The standard InChI is InChI=1S/C16H31FN2Si/c1-12(14(2,3)4)19-18-13(15(5,6)7)11-20(19,17)16(8,9)10/h1,11H2,2-10H3. The van der Waals surface area contributed by atoms with Gasteiger partial charge in [-0.25, -0.2) is 0 Å². The highest BCUT2D eigenvalue weighted by Crippen LogP contribution is 2.50. The topological polar surface area (TPSA) is 15.6 Å². The zero-order valence-corrected chi connectivity index (χ0v) is 15.7. The van der Waals surface area contributed by atoms with Crippen molar-refractivity contribution < 1.29 is 4.11 Å². The lowest BCUT2D eigenvalue weighted by Crippen LogP contribution is -2.52. The van der Waals surface area contributed by atoms with Crippen molar-refractivity contribution in [2.45, 2.75) is 73.4 Å². The van der Waals surface area contributed by atoms with Gasteiger partial charge in [0.2, 0.25) is 0 Å². The van der Waals surface area contributed by atoms with Crippen molar-refractivity contribution in [2.75, 3.05) is 0 Å². The van der Waals surface area contributed by atoms with Crippen LogP contribution in [0.4, 0.5) is 4.11 Å². The molecule has 0 aliphatic carbocycles. The lowest BCUT2D eigenvalue weighted by Gasteiger charge is -2.41. The highest BCUT2D eigenvalue weighted by molar-refractivity contribution is 6.78. The highest BCUT2D eigenvalue weighted by Gasteiger charge is 2.59. The molecule has 0 N–H and O–H groups in total. The Labute approximate surface area is 125 Å². The van der Waals surface area contributed by atoms with Gasteiger partial charge in [0.1, 0.15) is 0 Å². The van der Waals surface area contributed by atoms with Crippen molar-refractivity contribution in [2.24, 2.45) is 15.9 Å². The van der Waals surface area contributed by atoms with Crippen LogP contribution in [-0.4, -0.2) is 19.0 Å². The SMILES string of the molecule is C=C(N1N=C(C(C)(C)C)C[Si]1(F)C(C)(C)C)C(C)(C)C. The molecule has 20 heavy (non-hydrogen) atoms. The highest BCUT2D eigenvalue weighted by atomic mass is 28.4. The number of nitrogens with zero attached hydrogens (tertiary/aromatic N) is 2. The van der Waals surface area contributed by atoms with Crippen LogP contribution in [0.5, 0.6) is 0 Å². The smallest absolute Gasteiger partial charge is 0.282 e. The van der Waals surface area contributed by atoms with E-state index in [-0.39, 0.29) is 10.8 Å². The second-order valence-corrected chi connectivity index (χ2v) is 12.8. The van der Waals surface area contributed by atoms with Crippen molar-refractivity contribution in [3.8, 4) is 0 Å². The van der Waals surface area contributed by atoms with Crippen LogP contribution in [0.25, 0.3) is 0 Å². The summed E-state index contributed by atoms with van der Waals surface area (Å²) in [5.74, 6) is 0. The van der Waals surface area contributed by atoms with Gasteiger partial charge in [-0.1, -0.05) is 68.9 Å². The first-order valence-electron chi connectivity index (χ1n) is 7.37. The summed E-state index contributed by atoms with van der Waals surface area (Å²) in [5, 5.41) is 4.29. The van der Waals surface area contributed by atoms with Gasteiger partial charge in [0.05, 0.1) is 0 Å². The molecule has 0 bridgehead atoms. The molecule has 0 fully saturated rings. The summed E-state index contributed by atoms with van der Waals surface area (Å²) in [6, 6.07) is 0.481. The number of rotatable bonds is 1. The molecular weight excluding hydrogens is 267 g/mol. The third-order valence-electron chi connectivity index (χ3n) is 4.09. The van der Waals surface area contributed by atoms with Crippen LogP contribution in [0.1, 0.15) is 62.3 Å². The molecule has 0 saturated heterocycles. The number of hydrazone groups is 1. The average molecular weight is 299 g/mol. The molecule has 0 saturated carbocycles. The zero-order chi connectivity index (χ0) is 16.1. The van der Waals surface area contributed by atoms with Crippen molar-refractivity contribution in [1.29, 1.82) is 0 Å². The normalized spacial score (nSPS) is 24.9. The van der Waals surface area contributed by atoms with E-state index < -0.39 is 13.6 Å². The van der Waals surface area contributed by atoms with Gasteiger partial charge in [0, 0.05) is 33.3 Å². The molecule has 0 radical (unpaired) electrons. The molecular formula is C16H31FN2Si. The van der Waals surface area contributed by atoms with Gasteiger partial charge in [-0.3, -0.25) is 8.78 Å². The van der Waals surface area contributed by atoms with Crippen LogP contribution < -0.4 is 0 Å². The van der Waals surface area contributed by atoms with E-state index >= 15 is 4.11 Å². The molecule has 1 atom stereocenters. The van der Waals surface area contributed by atoms with E-state index in [4.69, 9.17) is 0 Å². The molecule has 0 aromatic carbocycles. The van der Waals surface area contributed by atoms with Crippen LogP contribution in [0.3, 0.4) is 0 Å². The van der Waals surface area contributed by atoms with Gasteiger partial charge in [-0.2, -0.15) is 5.10 Å². The first kappa shape index (κ1) is 17.4. The molecule has 116 valence electrons. The summed E-state index contributed by atoms with van der Waals surface area (Å²) >= 11 is 0. The molecule has 1 heterocycles. The van der Waals surface area contributed by atoms with Gasteiger partial charge in [-0.05, 0) is 0 Å². The molecule has 1 aliphatic heterocycles. The minimum atomic E-state index is -3.23. The lowest BCUT2D eigenvalue weighted by molar-refractivity contribution is 0.343. The molecule has 1 unspecified atom stereocenters. The fraction of sp³-hybridized carbons (Fsp3) is 0.812. The quantitative estimate of drug-likeness (QED) is 0.462. The van der Waals surface area contributed by atoms with Crippen molar-refractivity contribution in [3.63, 3.8) is 0 Å². The minimum Gasteiger partial charge on any atom is -0.282 e. The fourth-order valence-corrected chi connectivity index (χ4v) is 5.52. The van der Waals surface area contributed by atoms with E-state index in [1.165, 1.54) is 0 Å². The Hall–Kier alpha value is -0.643. The average Bonchev–Trinajstić information content (AvgIpc) is 2.53. The Balaban J connectivity index is 3.33. The van der Waals surface area contributed by atoms with E-state index in [9.17, 15) is 0 Å².